The van der Waals surface area contributed by atoms with E-state index in [0.29, 0.717) is 45.0 Å². The topological polar surface area (TPSA) is 33.6 Å². The van der Waals surface area contributed by atoms with Crippen molar-refractivity contribution in [3.63, 3.8) is 0 Å². The Kier molecular flexibility index (Phi) is 8.89. The van der Waals surface area contributed by atoms with Crippen LogP contribution >= 0.6 is 0 Å². The van der Waals surface area contributed by atoms with Crippen molar-refractivity contribution in [3.8, 4) is 50.8 Å². The normalized spacial score (nSPS) is 12.2. The van der Waals surface area contributed by atoms with Gasteiger partial charge in [-0.2, -0.15) is 31.6 Å². The maximum atomic E-state index is 15.1. The molecule has 0 amide bonds. The van der Waals surface area contributed by atoms with Crippen LogP contribution in [-0.4, -0.2) is 9.13 Å². The quantitative estimate of drug-likeness (QED) is 0.159. The summed E-state index contributed by atoms with van der Waals surface area (Å²) in [5, 5.41) is 14.6. The van der Waals surface area contributed by atoms with E-state index in [1.165, 1.54) is 12.1 Å². The molecule has 0 aliphatic heterocycles. The summed E-state index contributed by atoms with van der Waals surface area (Å²) in [6.45, 7) is 3.97. The van der Waals surface area contributed by atoms with Crippen molar-refractivity contribution in [2.75, 3.05) is 0 Å². The van der Waals surface area contributed by atoms with Gasteiger partial charge in [0.1, 0.15) is 11.6 Å². The van der Waals surface area contributed by atoms with E-state index in [-0.39, 0.29) is 16.9 Å². The molecule has 2 heterocycles. The Bertz CT molecular complexity index is 3420. The van der Waals surface area contributed by atoms with Gasteiger partial charge in [-0.25, -0.2) is 0 Å². The minimum Gasteiger partial charge on any atom is -0.308 e. The number of aryl methyl sites for hydroxylation is 2. The van der Waals surface area contributed by atoms with E-state index in [9.17, 15) is 5.26 Å². The number of para-hydroxylation sites is 2. The standard InChI is InChI=1S/C53H33F6N3/c1-31-14-18-33(19-15-31)35-22-24-39-37-8-3-5-12-45(37)61(48(39)28-35)47-27-26-41(50-43(52(54,55)56)10-7-11-44(50)53(57,58)59)51(42(47)30-60)62-46-13-6-4-9-38(46)40-25-23-36(29-49(40)62)34-20-16-32(2)17-21-34/h3-29H,1-2H3. The van der Waals surface area contributed by atoms with Crippen LogP contribution < -0.4 is 0 Å². The van der Waals surface area contributed by atoms with Crippen LogP contribution in [-0.2, 0) is 12.4 Å². The molecule has 0 bridgehead atoms. The van der Waals surface area contributed by atoms with Gasteiger partial charge in [-0.1, -0.05) is 132 Å². The molecule has 0 saturated carbocycles. The van der Waals surface area contributed by atoms with Gasteiger partial charge >= 0.3 is 12.4 Å². The Hall–Kier alpha value is -7.57. The van der Waals surface area contributed by atoms with Gasteiger partial charge in [-0.05, 0) is 78.6 Å². The van der Waals surface area contributed by atoms with Gasteiger partial charge in [0.15, 0.2) is 0 Å². The number of benzene rings is 8. The molecule has 0 atom stereocenters. The lowest BCUT2D eigenvalue weighted by atomic mass is 9.90. The van der Waals surface area contributed by atoms with Crippen molar-refractivity contribution < 1.29 is 26.3 Å². The van der Waals surface area contributed by atoms with Gasteiger partial charge in [0.2, 0.25) is 0 Å². The third kappa shape index (κ3) is 6.21. The van der Waals surface area contributed by atoms with Gasteiger partial charge in [0, 0.05) is 32.7 Å². The van der Waals surface area contributed by atoms with Crippen molar-refractivity contribution in [2.45, 2.75) is 26.2 Å². The van der Waals surface area contributed by atoms with Gasteiger partial charge < -0.3 is 9.13 Å². The van der Waals surface area contributed by atoms with Crippen LogP contribution in [0.15, 0.2) is 164 Å². The molecule has 0 spiro atoms. The number of nitriles is 1. The van der Waals surface area contributed by atoms with Crippen LogP contribution in [0, 0.1) is 25.2 Å². The molecular weight excluding hydrogens is 793 g/mol. The molecule has 0 radical (unpaired) electrons. The van der Waals surface area contributed by atoms with Crippen LogP contribution in [0.3, 0.4) is 0 Å². The highest BCUT2D eigenvalue weighted by Gasteiger charge is 2.42. The zero-order chi connectivity index (χ0) is 43.1. The molecule has 10 rings (SSSR count). The molecule has 8 aromatic carbocycles. The van der Waals surface area contributed by atoms with Crippen LogP contribution in [0.25, 0.3) is 88.4 Å². The highest BCUT2D eigenvalue weighted by Crippen LogP contribution is 2.49. The Morgan fingerprint density at radius 1 is 0.435 bits per heavy atom. The first-order valence-corrected chi connectivity index (χ1v) is 19.9. The van der Waals surface area contributed by atoms with Crippen molar-refractivity contribution in [1.82, 2.24) is 9.13 Å². The minimum atomic E-state index is -5.18. The maximum Gasteiger partial charge on any atom is 0.417 e. The smallest absolute Gasteiger partial charge is 0.308 e. The van der Waals surface area contributed by atoms with E-state index >= 15 is 26.3 Å². The van der Waals surface area contributed by atoms with E-state index in [2.05, 4.69) is 6.07 Å². The maximum absolute atomic E-state index is 15.1. The van der Waals surface area contributed by atoms with E-state index in [1.807, 2.05) is 140 Å². The zero-order valence-electron chi connectivity index (χ0n) is 33.2. The second-order valence-electron chi connectivity index (χ2n) is 15.6. The third-order valence-corrected chi connectivity index (χ3v) is 11.8. The fraction of sp³-hybridized carbons (Fsp3) is 0.0755. The fourth-order valence-corrected chi connectivity index (χ4v) is 8.92. The second-order valence-corrected chi connectivity index (χ2v) is 15.6. The molecule has 10 aromatic rings. The van der Waals surface area contributed by atoms with Crippen molar-refractivity contribution in [3.05, 3.63) is 192 Å². The minimum absolute atomic E-state index is 0.111. The van der Waals surface area contributed by atoms with E-state index in [0.717, 1.165) is 50.2 Å². The van der Waals surface area contributed by atoms with Gasteiger partial charge in [-0.3, -0.25) is 0 Å². The Balaban J connectivity index is 1.39. The number of rotatable bonds is 5. The SMILES string of the molecule is Cc1ccc(-c2ccc3c4ccccc4n(-c4ccc(-c5c(C(F)(F)F)cccc5C(F)(F)F)c(-n5c6ccccc6c6ccc(-c7ccc(C)cc7)cc65)c4C#N)c3c2)cc1. The average molecular weight is 826 g/mol. The summed E-state index contributed by atoms with van der Waals surface area (Å²) in [5.41, 5.74) is 3.69. The molecule has 0 fully saturated rings. The van der Waals surface area contributed by atoms with Crippen molar-refractivity contribution >= 4 is 43.6 Å². The molecule has 0 aliphatic rings. The van der Waals surface area contributed by atoms with Gasteiger partial charge in [0.05, 0.1) is 44.6 Å². The first-order valence-electron chi connectivity index (χ1n) is 19.9. The summed E-state index contributed by atoms with van der Waals surface area (Å²) in [7, 11) is 0. The molecule has 62 heavy (non-hydrogen) atoms. The molecule has 3 nitrogen and oxygen atoms in total. The number of nitrogens with zero attached hydrogens (tertiary/aromatic N) is 3. The summed E-state index contributed by atoms with van der Waals surface area (Å²) >= 11 is 0. The van der Waals surface area contributed by atoms with Gasteiger partial charge in [-0.15, -0.1) is 0 Å². The highest BCUT2D eigenvalue weighted by molar-refractivity contribution is 6.13. The summed E-state index contributed by atoms with van der Waals surface area (Å²) in [5.74, 6) is 0. The number of aromatic nitrogens is 2. The summed E-state index contributed by atoms with van der Waals surface area (Å²) in [4.78, 5) is 0. The van der Waals surface area contributed by atoms with Crippen LogP contribution in [0.4, 0.5) is 26.3 Å². The summed E-state index contributed by atoms with van der Waals surface area (Å²) < 4.78 is 94.4. The predicted octanol–water partition coefficient (Wildman–Crippen LogP) is 15.4. The highest BCUT2D eigenvalue weighted by atomic mass is 19.4. The lowest BCUT2D eigenvalue weighted by molar-refractivity contribution is -0.142. The van der Waals surface area contributed by atoms with Crippen LogP contribution in [0.2, 0.25) is 0 Å². The van der Waals surface area contributed by atoms with Gasteiger partial charge in [0.25, 0.3) is 0 Å². The van der Waals surface area contributed by atoms with E-state index in [1.54, 1.807) is 16.7 Å². The van der Waals surface area contributed by atoms with Crippen LogP contribution in [0.1, 0.15) is 27.8 Å². The molecule has 0 unspecified atom stereocenters. The molecule has 0 aliphatic carbocycles. The molecule has 2 aromatic heterocycles. The zero-order valence-corrected chi connectivity index (χ0v) is 33.2. The van der Waals surface area contributed by atoms with E-state index in [4.69, 9.17) is 0 Å². The lowest BCUT2D eigenvalue weighted by Gasteiger charge is -2.24. The number of hydrogen-bond donors (Lipinski definition) is 0. The van der Waals surface area contributed by atoms with E-state index < -0.39 is 34.6 Å². The molecule has 302 valence electrons. The summed E-state index contributed by atoms with van der Waals surface area (Å²) in [6, 6.07) is 49.7. The molecule has 0 saturated heterocycles. The van der Waals surface area contributed by atoms with Crippen molar-refractivity contribution in [1.29, 1.82) is 5.26 Å². The lowest BCUT2D eigenvalue weighted by Crippen LogP contribution is -2.16. The first-order chi connectivity index (χ1) is 29.8. The monoisotopic (exact) mass is 825 g/mol. The second kappa shape index (κ2) is 14.3. The summed E-state index contributed by atoms with van der Waals surface area (Å²) in [6.07, 6.45) is -10.4. The number of hydrogen-bond acceptors (Lipinski definition) is 1. The van der Waals surface area contributed by atoms with Crippen molar-refractivity contribution in [2.24, 2.45) is 0 Å². The molecule has 0 N–H and O–H groups in total. The number of halogens is 6. The number of fused-ring (bicyclic) bond motifs is 6. The fourth-order valence-electron chi connectivity index (χ4n) is 8.92. The Labute approximate surface area is 351 Å². The molecule has 9 heteroatoms. The average Bonchev–Trinajstić information content (AvgIpc) is 3.77. The Morgan fingerprint density at radius 2 is 0.871 bits per heavy atom. The predicted molar refractivity (Wildman–Crippen MR) is 236 cm³/mol. The number of alkyl halides is 6. The first kappa shape index (κ1) is 38.6. The largest absolute Gasteiger partial charge is 0.417 e. The van der Waals surface area contributed by atoms with Crippen LogP contribution in [0.5, 0.6) is 0 Å². The Morgan fingerprint density at radius 3 is 1.35 bits per heavy atom. The molecular formula is C53H33F6N3. The third-order valence-electron chi connectivity index (χ3n) is 11.8.